The number of carbonyl (C=O) groups excluding carboxylic acids is 2. The molecule has 5 nitrogen and oxygen atoms in total. The molecule has 1 unspecified atom stereocenters. The molecule has 1 aromatic carbocycles. The van der Waals surface area contributed by atoms with Crippen LogP contribution in [-0.2, 0) is 20.7 Å². The molecule has 1 heterocycles. The summed E-state index contributed by atoms with van der Waals surface area (Å²) in [6.45, 7) is 1.64. The van der Waals surface area contributed by atoms with Gasteiger partial charge in [0.15, 0.2) is 0 Å². The molecule has 1 aliphatic heterocycles. The Morgan fingerprint density at radius 1 is 1.26 bits per heavy atom. The van der Waals surface area contributed by atoms with Crippen molar-refractivity contribution in [3.8, 4) is 0 Å². The predicted molar refractivity (Wildman–Crippen MR) is 70.5 cm³/mol. The van der Waals surface area contributed by atoms with Crippen LogP contribution in [0.1, 0.15) is 12.0 Å². The first-order valence-corrected chi connectivity index (χ1v) is 6.46. The van der Waals surface area contributed by atoms with Crippen LogP contribution in [-0.4, -0.2) is 37.6 Å². The lowest BCUT2D eigenvalue weighted by Crippen LogP contribution is -2.53. The fourth-order valence-electron chi connectivity index (χ4n) is 1.97. The van der Waals surface area contributed by atoms with Gasteiger partial charge in [-0.3, -0.25) is 9.59 Å². The van der Waals surface area contributed by atoms with Gasteiger partial charge >= 0.3 is 5.97 Å². The molecular formula is C14H18N2O3. The number of esters is 1. The zero-order chi connectivity index (χ0) is 13.5. The zero-order valence-electron chi connectivity index (χ0n) is 10.7. The molecule has 1 saturated heterocycles. The molecule has 1 amide bonds. The van der Waals surface area contributed by atoms with E-state index in [2.05, 4.69) is 10.6 Å². The summed E-state index contributed by atoms with van der Waals surface area (Å²) in [6, 6.07) is 9.37. The van der Waals surface area contributed by atoms with E-state index in [-0.39, 0.29) is 18.3 Å². The fraction of sp³-hybridized carbons (Fsp3) is 0.429. The number of nitrogens with one attached hydrogen (secondary N) is 2. The van der Waals surface area contributed by atoms with E-state index < -0.39 is 6.04 Å². The van der Waals surface area contributed by atoms with E-state index in [1.807, 2.05) is 30.3 Å². The summed E-state index contributed by atoms with van der Waals surface area (Å²) < 4.78 is 5.14. The van der Waals surface area contributed by atoms with E-state index >= 15 is 0 Å². The smallest absolute Gasteiger partial charge is 0.307 e. The molecule has 19 heavy (non-hydrogen) atoms. The lowest BCUT2D eigenvalue weighted by Gasteiger charge is -2.22. The summed E-state index contributed by atoms with van der Waals surface area (Å²) in [4.78, 5) is 23.0. The van der Waals surface area contributed by atoms with Crippen LogP contribution < -0.4 is 10.6 Å². The monoisotopic (exact) mass is 262 g/mol. The third-order valence-corrected chi connectivity index (χ3v) is 3.00. The number of carbonyl (C=O) groups is 2. The second-order valence-electron chi connectivity index (χ2n) is 4.46. The lowest BCUT2D eigenvalue weighted by molar-refractivity contribution is -0.146. The number of piperazine rings is 1. The van der Waals surface area contributed by atoms with Crippen LogP contribution in [0.3, 0.4) is 0 Å². The molecule has 0 aromatic heterocycles. The second-order valence-corrected chi connectivity index (χ2v) is 4.46. The van der Waals surface area contributed by atoms with Crippen molar-refractivity contribution in [3.05, 3.63) is 35.9 Å². The summed E-state index contributed by atoms with van der Waals surface area (Å²) >= 11 is 0. The van der Waals surface area contributed by atoms with Gasteiger partial charge in [-0.1, -0.05) is 30.3 Å². The third-order valence-electron chi connectivity index (χ3n) is 3.00. The Hall–Kier alpha value is -1.88. The topological polar surface area (TPSA) is 67.4 Å². The minimum Gasteiger partial charge on any atom is -0.465 e. The third kappa shape index (κ3) is 4.37. The largest absolute Gasteiger partial charge is 0.465 e. The maximum absolute atomic E-state index is 11.6. The molecule has 0 saturated carbocycles. The molecular weight excluding hydrogens is 244 g/mol. The first kappa shape index (κ1) is 13.5. The van der Waals surface area contributed by atoms with Crippen molar-refractivity contribution >= 4 is 11.9 Å². The summed E-state index contributed by atoms with van der Waals surface area (Å²) in [5.41, 5.74) is 1.13. The number of rotatable bonds is 5. The Labute approximate surface area is 112 Å². The van der Waals surface area contributed by atoms with Crippen molar-refractivity contribution < 1.29 is 14.3 Å². The number of benzene rings is 1. The predicted octanol–water partition coefficient (Wildman–Crippen LogP) is 0.250. The number of ether oxygens (including phenoxy) is 1. The highest BCUT2D eigenvalue weighted by Crippen LogP contribution is 2.02. The van der Waals surface area contributed by atoms with Crippen LogP contribution in [0.5, 0.6) is 0 Å². The molecule has 1 fully saturated rings. The van der Waals surface area contributed by atoms with Crippen molar-refractivity contribution in [2.24, 2.45) is 0 Å². The average molecular weight is 262 g/mol. The van der Waals surface area contributed by atoms with Gasteiger partial charge in [-0.05, 0) is 5.56 Å². The van der Waals surface area contributed by atoms with Gasteiger partial charge in [-0.25, -0.2) is 0 Å². The van der Waals surface area contributed by atoms with E-state index in [9.17, 15) is 9.59 Å². The Bertz CT molecular complexity index is 434. The maximum Gasteiger partial charge on any atom is 0.307 e. The Morgan fingerprint density at radius 2 is 2.05 bits per heavy atom. The number of amides is 1. The van der Waals surface area contributed by atoms with Crippen molar-refractivity contribution in [2.75, 3.05) is 19.7 Å². The van der Waals surface area contributed by atoms with E-state index in [1.54, 1.807) is 0 Å². The number of hydrogen-bond donors (Lipinski definition) is 2. The van der Waals surface area contributed by atoms with Gasteiger partial charge in [-0.15, -0.1) is 0 Å². The summed E-state index contributed by atoms with van der Waals surface area (Å²) in [5, 5.41) is 5.71. The van der Waals surface area contributed by atoms with E-state index in [1.165, 1.54) is 0 Å². The van der Waals surface area contributed by atoms with Crippen molar-refractivity contribution in [3.63, 3.8) is 0 Å². The molecule has 102 valence electrons. The minimum absolute atomic E-state index is 0.0840. The molecule has 2 N–H and O–H groups in total. The highest BCUT2D eigenvalue weighted by atomic mass is 16.5. The van der Waals surface area contributed by atoms with Gasteiger partial charge in [0.05, 0.1) is 19.1 Å². The average Bonchev–Trinajstić information content (AvgIpc) is 2.43. The van der Waals surface area contributed by atoms with Crippen molar-refractivity contribution in [1.29, 1.82) is 0 Å². The number of hydrogen-bond acceptors (Lipinski definition) is 4. The van der Waals surface area contributed by atoms with Crippen LogP contribution in [0.25, 0.3) is 0 Å². The lowest BCUT2D eigenvalue weighted by atomic mass is 10.1. The molecule has 0 bridgehead atoms. The second kappa shape index (κ2) is 6.89. The quantitative estimate of drug-likeness (QED) is 0.747. The van der Waals surface area contributed by atoms with E-state index in [0.717, 1.165) is 5.56 Å². The van der Waals surface area contributed by atoms with Gasteiger partial charge in [0.2, 0.25) is 5.91 Å². The van der Waals surface area contributed by atoms with Crippen LogP contribution in [0.2, 0.25) is 0 Å². The van der Waals surface area contributed by atoms with Gasteiger partial charge in [-0.2, -0.15) is 0 Å². The summed E-state index contributed by atoms with van der Waals surface area (Å²) in [5.74, 6) is -0.475. The molecule has 5 heteroatoms. The molecule has 1 aliphatic rings. The first-order chi connectivity index (χ1) is 9.25. The summed E-state index contributed by atoms with van der Waals surface area (Å²) in [7, 11) is 0. The molecule has 1 aromatic rings. The fourth-order valence-corrected chi connectivity index (χ4v) is 1.97. The van der Waals surface area contributed by atoms with Gasteiger partial charge in [0, 0.05) is 19.5 Å². The van der Waals surface area contributed by atoms with Crippen molar-refractivity contribution in [1.82, 2.24) is 10.6 Å². The maximum atomic E-state index is 11.6. The Balaban J connectivity index is 1.68. The standard InChI is InChI=1S/C14H18N2O3/c17-13(10-12-14(18)16-8-7-15-12)19-9-6-11-4-2-1-3-5-11/h1-5,12,15H,6-10H2,(H,16,18). The van der Waals surface area contributed by atoms with Crippen LogP contribution in [0.4, 0.5) is 0 Å². The SMILES string of the molecule is O=C(CC1NCCNC1=O)OCCc1ccccc1. The van der Waals surface area contributed by atoms with Crippen LogP contribution in [0, 0.1) is 0 Å². The highest BCUT2D eigenvalue weighted by Gasteiger charge is 2.24. The van der Waals surface area contributed by atoms with Crippen LogP contribution >= 0.6 is 0 Å². The molecule has 2 rings (SSSR count). The molecule has 0 spiro atoms. The normalized spacial score (nSPS) is 18.7. The molecule has 1 atom stereocenters. The Morgan fingerprint density at radius 3 is 2.79 bits per heavy atom. The highest BCUT2D eigenvalue weighted by molar-refractivity contribution is 5.87. The first-order valence-electron chi connectivity index (χ1n) is 6.46. The minimum atomic E-state index is -0.460. The van der Waals surface area contributed by atoms with Crippen LogP contribution in [0.15, 0.2) is 30.3 Å². The van der Waals surface area contributed by atoms with E-state index in [0.29, 0.717) is 26.1 Å². The zero-order valence-corrected chi connectivity index (χ0v) is 10.7. The summed E-state index contributed by atoms with van der Waals surface area (Å²) in [6.07, 6.45) is 0.775. The molecule has 0 radical (unpaired) electrons. The molecule has 0 aliphatic carbocycles. The van der Waals surface area contributed by atoms with Gasteiger partial charge < -0.3 is 15.4 Å². The van der Waals surface area contributed by atoms with Gasteiger partial charge in [0.1, 0.15) is 0 Å². The van der Waals surface area contributed by atoms with E-state index in [4.69, 9.17) is 4.74 Å². The van der Waals surface area contributed by atoms with Crippen molar-refractivity contribution in [2.45, 2.75) is 18.9 Å². The Kier molecular flexibility index (Phi) is 4.92. The van der Waals surface area contributed by atoms with Gasteiger partial charge in [0.25, 0.3) is 0 Å².